The Bertz CT molecular complexity index is 803. The Morgan fingerprint density at radius 3 is 2.68 bits per heavy atom. The second-order valence-corrected chi connectivity index (χ2v) is 8.15. The van der Waals surface area contributed by atoms with E-state index < -0.39 is 17.6 Å². The molecule has 6 heteroatoms. The summed E-state index contributed by atoms with van der Waals surface area (Å²) in [7, 11) is 1.45. The lowest BCUT2D eigenvalue weighted by molar-refractivity contribution is -0.152. The summed E-state index contributed by atoms with van der Waals surface area (Å²) < 4.78 is 10.4. The average molecular weight is 385 g/mol. The smallest absolute Gasteiger partial charge is 0.373 e. The Morgan fingerprint density at radius 2 is 2.07 bits per heavy atom. The van der Waals surface area contributed by atoms with Crippen LogP contribution in [-0.4, -0.2) is 36.4 Å². The molecule has 0 bridgehead atoms. The third kappa shape index (κ3) is 5.35. The van der Waals surface area contributed by atoms with Gasteiger partial charge in [-0.2, -0.15) is 0 Å². The van der Waals surface area contributed by atoms with Gasteiger partial charge in [0.1, 0.15) is 5.60 Å². The molecule has 0 aromatic carbocycles. The normalized spacial score (nSPS) is 24.5. The third-order valence-corrected chi connectivity index (χ3v) is 4.78. The molecule has 1 N–H and O–H groups in total. The van der Waals surface area contributed by atoms with Crippen molar-refractivity contribution in [2.45, 2.75) is 52.2 Å². The number of hydrogen-bond donors (Lipinski definition) is 1. The lowest BCUT2D eigenvalue weighted by Crippen LogP contribution is -2.47. The van der Waals surface area contributed by atoms with Gasteiger partial charge in [-0.25, -0.2) is 4.79 Å². The van der Waals surface area contributed by atoms with Crippen molar-refractivity contribution in [3.05, 3.63) is 36.1 Å². The zero-order valence-corrected chi connectivity index (χ0v) is 17.0. The molecular weight excluding hydrogens is 358 g/mol. The van der Waals surface area contributed by atoms with Crippen LogP contribution < -0.4 is 5.32 Å². The number of esters is 1. The van der Waals surface area contributed by atoms with E-state index in [9.17, 15) is 14.4 Å². The summed E-state index contributed by atoms with van der Waals surface area (Å²) in [6.07, 6.45) is 9.45. The summed E-state index contributed by atoms with van der Waals surface area (Å²) in [6, 6.07) is -0.547. The summed E-state index contributed by atoms with van der Waals surface area (Å²) >= 11 is 0. The van der Waals surface area contributed by atoms with Crippen LogP contribution in [0, 0.1) is 23.2 Å². The number of allylic oxidation sites excluding steroid dienone is 2. The van der Waals surface area contributed by atoms with Crippen molar-refractivity contribution in [1.29, 1.82) is 0 Å². The number of methoxy groups -OCH3 is 1. The number of fused-ring (bicyclic) bond motifs is 1. The van der Waals surface area contributed by atoms with E-state index in [-0.39, 0.29) is 28.8 Å². The van der Waals surface area contributed by atoms with Crippen LogP contribution in [-0.2, 0) is 23.9 Å². The largest absolute Gasteiger partial charge is 0.490 e. The van der Waals surface area contributed by atoms with Crippen molar-refractivity contribution < 1.29 is 23.9 Å². The molecule has 150 valence electrons. The average Bonchev–Trinajstić information content (AvgIpc) is 3.29. The maximum Gasteiger partial charge on any atom is 0.373 e. The third-order valence-electron chi connectivity index (χ3n) is 4.78. The number of carbonyl (C=O) groups is 3. The predicted molar refractivity (Wildman–Crippen MR) is 105 cm³/mol. The number of ether oxygens (including phenoxy) is 2. The second kappa shape index (κ2) is 8.47. The van der Waals surface area contributed by atoms with Crippen molar-refractivity contribution in [2.24, 2.45) is 11.3 Å². The van der Waals surface area contributed by atoms with E-state index in [1.807, 2.05) is 32.9 Å². The van der Waals surface area contributed by atoms with Crippen molar-refractivity contribution in [3.8, 4) is 11.8 Å². The molecule has 1 saturated carbocycles. The zero-order valence-electron chi connectivity index (χ0n) is 17.0. The first-order valence-electron chi connectivity index (χ1n) is 9.22. The molecule has 1 aliphatic heterocycles. The van der Waals surface area contributed by atoms with E-state index in [1.165, 1.54) is 26.2 Å². The number of rotatable bonds is 6. The molecule has 3 atom stereocenters. The standard InChI is InChI=1S/C22H27NO5/c1-15(24)19(21(2,3)4)23-18(25)11-9-7-6-8-10-12-22-14-16(22)13-17(27-5)20(26)28-22/h8-11,13,16,19H,12,14H2,1-5H3,(H,23,25)/b10-8+,11-9+/t16?,19-,22?/m1/s1. The van der Waals surface area contributed by atoms with Gasteiger partial charge in [0.2, 0.25) is 11.7 Å². The summed E-state index contributed by atoms with van der Waals surface area (Å²) in [6.45, 7) is 7.15. The van der Waals surface area contributed by atoms with E-state index in [0.717, 1.165) is 6.42 Å². The van der Waals surface area contributed by atoms with Crippen molar-refractivity contribution in [1.82, 2.24) is 5.32 Å². The minimum absolute atomic E-state index is 0.0862. The number of Topliss-reactive ketones (excluding diaryl/α,β-unsaturated/α-hetero) is 1. The highest BCUT2D eigenvalue weighted by molar-refractivity contribution is 5.93. The first kappa shape index (κ1) is 21.5. The van der Waals surface area contributed by atoms with Gasteiger partial charge < -0.3 is 14.8 Å². The molecule has 0 aromatic rings. The lowest BCUT2D eigenvalue weighted by Gasteiger charge is -2.28. The van der Waals surface area contributed by atoms with E-state index in [0.29, 0.717) is 6.42 Å². The molecule has 2 aliphatic rings. The number of amides is 1. The van der Waals surface area contributed by atoms with Gasteiger partial charge in [0.15, 0.2) is 5.78 Å². The molecule has 1 aliphatic carbocycles. The highest BCUT2D eigenvalue weighted by Crippen LogP contribution is 2.53. The fourth-order valence-electron chi connectivity index (χ4n) is 3.20. The molecule has 2 rings (SSSR count). The highest BCUT2D eigenvalue weighted by atomic mass is 16.6. The predicted octanol–water partition coefficient (Wildman–Crippen LogP) is 2.46. The zero-order chi connectivity index (χ0) is 20.9. The monoisotopic (exact) mass is 385 g/mol. The van der Waals surface area contributed by atoms with Crippen LogP contribution in [0.4, 0.5) is 0 Å². The number of nitrogens with one attached hydrogen (secondary N) is 1. The number of carbonyl (C=O) groups excluding carboxylic acids is 3. The molecule has 1 amide bonds. The Kier molecular flexibility index (Phi) is 6.50. The van der Waals surface area contributed by atoms with Crippen LogP contribution in [0.15, 0.2) is 36.1 Å². The lowest BCUT2D eigenvalue weighted by atomic mass is 9.84. The Hall–Kier alpha value is -2.81. The Labute approximate surface area is 166 Å². The SMILES string of the molecule is COC1=CC2CC2(C/C=C/C#C/C=C/C(=O)N[C@H](C(C)=O)C(C)(C)C)OC1=O. The molecule has 0 saturated heterocycles. The molecule has 0 aromatic heterocycles. The van der Waals surface area contributed by atoms with Gasteiger partial charge in [-0.15, -0.1) is 0 Å². The number of hydrogen-bond acceptors (Lipinski definition) is 5. The Balaban J connectivity index is 1.81. The molecule has 1 heterocycles. The molecule has 6 nitrogen and oxygen atoms in total. The molecule has 2 unspecified atom stereocenters. The summed E-state index contributed by atoms with van der Waals surface area (Å²) in [5.41, 5.74) is -0.812. The fourth-order valence-corrected chi connectivity index (χ4v) is 3.20. The fraction of sp³-hybridized carbons (Fsp3) is 0.500. The minimum Gasteiger partial charge on any atom is -0.490 e. The molecule has 1 fully saturated rings. The van der Waals surface area contributed by atoms with E-state index in [4.69, 9.17) is 9.47 Å². The van der Waals surface area contributed by atoms with Gasteiger partial charge in [0.25, 0.3) is 0 Å². The maximum atomic E-state index is 11.9. The van der Waals surface area contributed by atoms with Crippen LogP contribution in [0.1, 0.15) is 40.5 Å². The summed E-state index contributed by atoms with van der Waals surface area (Å²) in [5, 5.41) is 2.70. The van der Waals surface area contributed by atoms with E-state index >= 15 is 0 Å². The van der Waals surface area contributed by atoms with Gasteiger partial charge >= 0.3 is 5.97 Å². The Morgan fingerprint density at radius 1 is 1.39 bits per heavy atom. The summed E-state index contributed by atoms with van der Waals surface area (Å²) in [5.74, 6) is 5.14. The topological polar surface area (TPSA) is 81.7 Å². The van der Waals surface area contributed by atoms with Crippen molar-refractivity contribution >= 4 is 17.7 Å². The van der Waals surface area contributed by atoms with Crippen molar-refractivity contribution in [2.75, 3.05) is 7.11 Å². The quantitative estimate of drug-likeness (QED) is 0.431. The van der Waals surface area contributed by atoms with Crippen LogP contribution in [0.5, 0.6) is 0 Å². The molecular formula is C22H27NO5. The summed E-state index contributed by atoms with van der Waals surface area (Å²) in [4.78, 5) is 35.4. The van der Waals surface area contributed by atoms with Crippen LogP contribution >= 0.6 is 0 Å². The van der Waals surface area contributed by atoms with E-state index in [1.54, 1.807) is 6.08 Å². The molecule has 0 radical (unpaired) electrons. The second-order valence-electron chi connectivity index (χ2n) is 8.15. The van der Waals surface area contributed by atoms with Crippen LogP contribution in [0.3, 0.4) is 0 Å². The first-order valence-corrected chi connectivity index (χ1v) is 9.22. The molecule has 0 spiro atoms. The van der Waals surface area contributed by atoms with Gasteiger partial charge in [0, 0.05) is 18.4 Å². The molecule has 28 heavy (non-hydrogen) atoms. The van der Waals surface area contributed by atoms with Crippen molar-refractivity contribution in [3.63, 3.8) is 0 Å². The number of ketones is 1. The minimum atomic E-state index is -0.547. The maximum absolute atomic E-state index is 11.9. The van der Waals surface area contributed by atoms with Gasteiger partial charge in [-0.3, -0.25) is 9.59 Å². The van der Waals surface area contributed by atoms with Crippen LogP contribution in [0.2, 0.25) is 0 Å². The van der Waals surface area contributed by atoms with Crippen LogP contribution in [0.25, 0.3) is 0 Å². The first-order chi connectivity index (χ1) is 13.1. The van der Waals surface area contributed by atoms with Gasteiger partial charge in [-0.05, 0) is 37.0 Å². The highest BCUT2D eigenvalue weighted by Gasteiger charge is 2.59. The van der Waals surface area contributed by atoms with Gasteiger partial charge in [-0.1, -0.05) is 38.7 Å². The van der Waals surface area contributed by atoms with Gasteiger partial charge in [0.05, 0.1) is 13.2 Å². The van der Waals surface area contributed by atoms with E-state index in [2.05, 4.69) is 17.2 Å².